The largest absolute Gasteiger partial charge is 0.497 e. The van der Waals surface area contributed by atoms with E-state index in [1.807, 2.05) is 55.1 Å². The third kappa shape index (κ3) is 3.75. The highest BCUT2D eigenvalue weighted by Crippen LogP contribution is 2.42. The monoisotopic (exact) mass is 454 g/mol. The zero-order chi connectivity index (χ0) is 23.0. The third-order valence-electron chi connectivity index (χ3n) is 5.78. The molecule has 7 nitrogen and oxygen atoms in total. The van der Waals surface area contributed by atoms with E-state index in [-0.39, 0.29) is 6.10 Å². The quantitative estimate of drug-likeness (QED) is 0.539. The topological polar surface area (TPSA) is 69.3 Å². The molecule has 0 spiro atoms. The second kappa shape index (κ2) is 8.70. The van der Waals surface area contributed by atoms with E-state index < -0.39 is 12.0 Å². The van der Waals surface area contributed by atoms with Crippen molar-refractivity contribution in [3.63, 3.8) is 0 Å². The number of nitrogens with zero attached hydrogens (tertiary/aromatic N) is 1. The maximum atomic E-state index is 12.9. The Balaban J connectivity index is 1.84. The molecule has 2 atom stereocenters. The number of rotatable bonds is 5. The molecule has 0 aromatic heterocycles. The first kappa shape index (κ1) is 22.0. The number of nitrogens with one attached hydrogen (secondary N) is 1. The van der Waals surface area contributed by atoms with Crippen molar-refractivity contribution in [3.05, 3.63) is 58.8 Å². The Morgan fingerprint density at radius 1 is 1.16 bits per heavy atom. The van der Waals surface area contributed by atoms with E-state index in [0.29, 0.717) is 22.1 Å². The SMILES string of the molecule is COC(=O)C1=C(C)N(c2ccc(OC)cc2)C(=S)N[C@H]1c1cc2c(cc1OC)C[C@@H](C)O2. The van der Waals surface area contributed by atoms with Gasteiger partial charge in [0.2, 0.25) is 0 Å². The van der Waals surface area contributed by atoms with Gasteiger partial charge in [0.15, 0.2) is 5.11 Å². The predicted molar refractivity (Wildman–Crippen MR) is 125 cm³/mol. The van der Waals surface area contributed by atoms with Crippen LogP contribution in [0.15, 0.2) is 47.7 Å². The normalized spacial score (nSPS) is 19.8. The molecular weight excluding hydrogens is 428 g/mol. The number of carbonyl (C=O) groups is 1. The van der Waals surface area contributed by atoms with Crippen LogP contribution in [0.4, 0.5) is 5.69 Å². The van der Waals surface area contributed by atoms with Gasteiger partial charge in [0.1, 0.15) is 23.4 Å². The lowest BCUT2D eigenvalue weighted by atomic mass is 9.92. The standard InChI is InChI=1S/C24H26N2O5S/c1-13-10-15-11-20(29-4)18(12-19(15)31-13)22-21(23(27)30-5)14(2)26(24(32)25-22)16-6-8-17(28-3)9-7-16/h6-9,11-13,22H,10H2,1-5H3,(H,25,32)/t13-,22+/m1/s1. The van der Waals surface area contributed by atoms with Crippen LogP contribution >= 0.6 is 12.2 Å². The molecule has 2 aliphatic rings. The molecular formula is C24H26N2O5S. The van der Waals surface area contributed by atoms with Crippen LogP contribution in [0.3, 0.4) is 0 Å². The number of ether oxygens (including phenoxy) is 4. The Morgan fingerprint density at radius 3 is 2.50 bits per heavy atom. The summed E-state index contributed by atoms with van der Waals surface area (Å²) in [6.07, 6.45) is 0.903. The van der Waals surface area contributed by atoms with Crippen molar-refractivity contribution in [2.75, 3.05) is 26.2 Å². The fourth-order valence-electron chi connectivity index (χ4n) is 4.25. The van der Waals surface area contributed by atoms with Gasteiger partial charge in [-0.05, 0) is 62.5 Å². The summed E-state index contributed by atoms with van der Waals surface area (Å²) < 4.78 is 22.0. The fourth-order valence-corrected chi connectivity index (χ4v) is 4.61. The molecule has 0 aliphatic carbocycles. The van der Waals surface area contributed by atoms with Gasteiger partial charge in [-0.3, -0.25) is 4.90 Å². The van der Waals surface area contributed by atoms with E-state index in [1.165, 1.54) is 7.11 Å². The Kier molecular flexibility index (Phi) is 5.97. The lowest BCUT2D eigenvalue weighted by Gasteiger charge is -2.37. The van der Waals surface area contributed by atoms with E-state index in [4.69, 9.17) is 31.2 Å². The minimum absolute atomic E-state index is 0.0910. The highest BCUT2D eigenvalue weighted by Gasteiger charge is 2.37. The molecule has 168 valence electrons. The minimum atomic E-state index is -0.552. The summed E-state index contributed by atoms with van der Waals surface area (Å²) in [5.74, 6) is 1.74. The van der Waals surface area contributed by atoms with Crippen LogP contribution in [0.1, 0.15) is 31.0 Å². The van der Waals surface area contributed by atoms with Crippen LogP contribution < -0.4 is 24.4 Å². The van der Waals surface area contributed by atoms with Gasteiger partial charge in [-0.15, -0.1) is 0 Å². The summed E-state index contributed by atoms with van der Waals surface area (Å²) in [5, 5.41) is 3.77. The predicted octanol–water partition coefficient (Wildman–Crippen LogP) is 3.91. The van der Waals surface area contributed by atoms with Gasteiger partial charge in [0.25, 0.3) is 0 Å². The maximum Gasteiger partial charge on any atom is 0.337 e. The van der Waals surface area contributed by atoms with Crippen molar-refractivity contribution in [3.8, 4) is 17.2 Å². The molecule has 0 amide bonds. The molecule has 0 radical (unpaired) electrons. The molecule has 8 heteroatoms. The molecule has 0 unspecified atom stereocenters. The number of carbonyl (C=O) groups excluding carboxylic acids is 1. The molecule has 0 bridgehead atoms. The van der Waals surface area contributed by atoms with Gasteiger partial charge < -0.3 is 24.3 Å². The van der Waals surface area contributed by atoms with Gasteiger partial charge in [0.05, 0.1) is 32.9 Å². The molecule has 32 heavy (non-hydrogen) atoms. The summed E-state index contributed by atoms with van der Waals surface area (Å²) in [7, 11) is 4.60. The fraction of sp³-hybridized carbons (Fsp3) is 0.333. The van der Waals surface area contributed by atoms with Crippen molar-refractivity contribution >= 4 is 29.0 Å². The van der Waals surface area contributed by atoms with Crippen LogP contribution in [0.25, 0.3) is 0 Å². The van der Waals surface area contributed by atoms with Gasteiger partial charge in [-0.2, -0.15) is 0 Å². The van der Waals surface area contributed by atoms with Crippen LogP contribution in [-0.4, -0.2) is 38.5 Å². The van der Waals surface area contributed by atoms with Crippen molar-refractivity contribution in [1.82, 2.24) is 5.32 Å². The molecule has 2 aromatic rings. The first-order valence-corrected chi connectivity index (χ1v) is 10.7. The maximum absolute atomic E-state index is 12.9. The van der Waals surface area contributed by atoms with Gasteiger partial charge >= 0.3 is 5.97 Å². The second-order valence-corrected chi connectivity index (χ2v) is 8.13. The number of esters is 1. The number of fused-ring (bicyclic) bond motifs is 1. The minimum Gasteiger partial charge on any atom is -0.497 e. The zero-order valence-corrected chi connectivity index (χ0v) is 19.5. The lowest BCUT2D eigenvalue weighted by Crippen LogP contribution is -2.48. The molecule has 1 N–H and O–H groups in total. The number of thiocarbonyl (C=S) groups is 1. The molecule has 0 saturated carbocycles. The zero-order valence-electron chi connectivity index (χ0n) is 18.7. The molecule has 0 saturated heterocycles. The van der Waals surface area contributed by atoms with E-state index in [9.17, 15) is 4.79 Å². The molecule has 2 aromatic carbocycles. The number of anilines is 1. The smallest absolute Gasteiger partial charge is 0.337 e. The average Bonchev–Trinajstić information content (AvgIpc) is 3.16. The summed E-state index contributed by atoms with van der Waals surface area (Å²) in [6, 6.07) is 10.8. The first-order chi connectivity index (χ1) is 15.4. The second-order valence-electron chi connectivity index (χ2n) is 7.74. The number of allylic oxidation sites excluding steroid dienone is 1. The first-order valence-electron chi connectivity index (χ1n) is 10.3. The Labute approximate surface area is 192 Å². The van der Waals surface area contributed by atoms with E-state index in [2.05, 4.69) is 5.32 Å². The third-order valence-corrected chi connectivity index (χ3v) is 6.08. The van der Waals surface area contributed by atoms with Gasteiger partial charge in [-0.25, -0.2) is 4.79 Å². The number of benzene rings is 2. The number of methoxy groups -OCH3 is 3. The van der Waals surface area contributed by atoms with Crippen LogP contribution in [0.2, 0.25) is 0 Å². The highest BCUT2D eigenvalue weighted by molar-refractivity contribution is 7.80. The summed E-state index contributed by atoms with van der Waals surface area (Å²) >= 11 is 5.72. The van der Waals surface area contributed by atoms with Crippen molar-refractivity contribution < 1.29 is 23.7 Å². The van der Waals surface area contributed by atoms with E-state index in [1.54, 1.807) is 14.2 Å². The number of hydrogen-bond donors (Lipinski definition) is 1. The average molecular weight is 455 g/mol. The lowest BCUT2D eigenvalue weighted by molar-refractivity contribution is -0.136. The van der Waals surface area contributed by atoms with Crippen molar-refractivity contribution in [1.29, 1.82) is 0 Å². The molecule has 0 fully saturated rings. The summed E-state index contributed by atoms with van der Waals surface area (Å²) in [4.78, 5) is 14.8. The molecule has 4 rings (SSSR count). The van der Waals surface area contributed by atoms with Crippen molar-refractivity contribution in [2.45, 2.75) is 32.4 Å². The van der Waals surface area contributed by atoms with Gasteiger partial charge in [0, 0.05) is 28.9 Å². The molecule has 2 heterocycles. The summed E-state index contributed by atoms with van der Waals surface area (Å²) in [5.41, 5.74) is 3.76. The van der Waals surface area contributed by atoms with E-state index in [0.717, 1.165) is 34.7 Å². The van der Waals surface area contributed by atoms with Crippen LogP contribution in [-0.2, 0) is 16.0 Å². The molecule has 2 aliphatic heterocycles. The van der Waals surface area contributed by atoms with Gasteiger partial charge in [-0.1, -0.05) is 0 Å². The summed E-state index contributed by atoms with van der Waals surface area (Å²) in [6.45, 7) is 3.88. The Bertz CT molecular complexity index is 1100. The van der Waals surface area contributed by atoms with Crippen LogP contribution in [0, 0.1) is 0 Å². The van der Waals surface area contributed by atoms with Crippen LogP contribution in [0.5, 0.6) is 17.2 Å². The number of hydrogen-bond acceptors (Lipinski definition) is 6. The Morgan fingerprint density at radius 2 is 1.88 bits per heavy atom. The highest BCUT2D eigenvalue weighted by atomic mass is 32.1. The van der Waals surface area contributed by atoms with Crippen molar-refractivity contribution in [2.24, 2.45) is 0 Å². The van der Waals surface area contributed by atoms with E-state index >= 15 is 0 Å². The Hall–Kier alpha value is -3.26.